The molecule has 4 rings (SSSR count). The van der Waals surface area contributed by atoms with Gasteiger partial charge in [-0.1, -0.05) is 30.3 Å². The number of hydrogen-bond acceptors (Lipinski definition) is 6. The predicted molar refractivity (Wildman–Crippen MR) is 130 cm³/mol. The van der Waals surface area contributed by atoms with Gasteiger partial charge in [-0.3, -0.25) is 10.1 Å². The Labute approximate surface area is 194 Å². The molecule has 0 fully saturated rings. The van der Waals surface area contributed by atoms with Crippen LogP contribution < -0.4 is 10.1 Å². The summed E-state index contributed by atoms with van der Waals surface area (Å²) in [6.45, 7) is 7.11. The Morgan fingerprint density at radius 2 is 1.94 bits per heavy atom. The molecule has 8 heteroatoms. The van der Waals surface area contributed by atoms with Gasteiger partial charge >= 0.3 is 0 Å². The molecule has 32 heavy (non-hydrogen) atoms. The second-order valence-electron chi connectivity index (χ2n) is 6.63. The van der Waals surface area contributed by atoms with Gasteiger partial charge in [-0.2, -0.15) is 0 Å². The van der Waals surface area contributed by atoms with E-state index in [0.29, 0.717) is 32.9 Å². The summed E-state index contributed by atoms with van der Waals surface area (Å²) < 4.78 is 5.54. The van der Waals surface area contributed by atoms with Crippen molar-refractivity contribution in [2.75, 3.05) is 18.7 Å². The van der Waals surface area contributed by atoms with Crippen molar-refractivity contribution in [2.24, 2.45) is 0 Å². The van der Waals surface area contributed by atoms with Gasteiger partial charge in [0.15, 0.2) is 10.8 Å². The molecule has 0 saturated heterocycles. The standard InChI is InChI=1S/C24H18N4O2S2/c1-25-17-9-6-15(7-10-17)16-8-11-21(30-2)19(13-16)20-14-32-24(27-20)28-22(29)18-5-4-12-26-23(18)31-3/h4-14H,2-3H3,(H,27,28,29). The molecule has 0 atom stereocenters. The van der Waals surface area contributed by atoms with E-state index in [9.17, 15) is 4.79 Å². The van der Waals surface area contributed by atoms with Gasteiger partial charge in [-0.25, -0.2) is 14.8 Å². The predicted octanol–water partition coefficient (Wildman–Crippen LogP) is 6.41. The largest absolute Gasteiger partial charge is 0.496 e. The Bertz CT molecular complexity index is 1310. The Morgan fingerprint density at radius 3 is 2.66 bits per heavy atom. The first-order chi connectivity index (χ1) is 15.6. The van der Waals surface area contributed by atoms with E-state index in [1.807, 2.05) is 42.0 Å². The van der Waals surface area contributed by atoms with Crippen molar-refractivity contribution in [1.82, 2.24) is 9.97 Å². The summed E-state index contributed by atoms with van der Waals surface area (Å²) in [6.07, 6.45) is 3.55. The zero-order valence-electron chi connectivity index (χ0n) is 17.3. The van der Waals surface area contributed by atoms with Gasteiger partial charge < -0.3 is 4.74 Å². The first-order valence-electron chi connectivity index (χ1n) is 9.55. The van der Waals surface area contributed by atoms with E-state index in [4.69, 9.17) is 11.3 Å². The normalized spacial score (nSPS) is 10.4. The van der Waals surface area contributed by atoms with Crippen molar-refractivity contribution >= 4 is 39.8 Å². The number of methoxy groups -OCH3 is 1. The van der Waals surface area contributed by atoms with Crippen LogP contribution in [0.3, 0.4) is 0 Å². The number of carbonyl (C=O) groups is 1. The molecule has 0 spiro atoms. The fourth-order valence-electron chi connectivity index (χ4n) is 3.16. The Balaban J connectivity index is 1.63. The van der Waals surface area contributed by atoms with E-state index in [2.05, 4.69) is 20.1 Å². The van der Waals surface area contributed by atoms with Crippen LogP contribution in [0, 0.1) is 6.57 Å². The topological polar surface area (TPSA) is 68.5 Å². The van der Waals surface area contributed by atoms with Crippen molar-refractivity contribution in [3.05, 3.63) is 83.2 Å². The van der Waals surface area contributed by atoms with Gasteiger partial charge in [-0.05, 0) is 41.6 Å². The van der Waals surface area contributed by atoms with E-state index in [1.54, 1.807) is 37.6 Å². The monoisotopic (exact) mass is 458 g/mol. The van der Waals surface area contributed by atoms with Crippen molar-refractivity contribution in [3.8, 4) is 28.1 Å². The van der Waals surface area contributed by atoms with Crippen LogP contribution in [0.4, 0.5) is 10.8 Å². The number of benzene rings is 2. The summed E-state index contributed by atoms with van der Waals surface area (Å²) in [5.41, 5.74) is 4.61. The van der Waals surface area contributed by atoms with Crippen molar-refractivity contribution in [1.29, 1.82) is 0 Å². The van der Waals surface area contributed by atoms with Gasteiger partial charge in [0.2, 0.25) is 0 Å². The number of hydrogen-bond donors (Lipinski definition) is 1. The van der Waals surface area contributed by atoms with Crippen LogP contribution in [-0.2, 0) is 0 Å². The molecular weight excluding hydrogens is 440 g/mol. The van der Waals surface area contributed by atoms with Crippen LogP contribution in [0.5, 0.6) is 5.75 Å². The second-order valence-corrected chi connectivity index (χ2v) is 8.28. The molecule has 158 valence electrons. The molecule has 2 aromatic heterocycles. The fourth-order valence-corrected chi connectivity index (χ4v) is 4.41. The van der Waals surface area contributed by atoms with Crippen LogP contribution in [0.2, 0.25) is 0 Å². The van der Waals surface area contributed by atoms with E-state index in [-0.39, 0.29) is 5.91 Å². The number of amides is 1. The number of aromatic nitrogens is 2. The quantitative estimate of drug-likeness (QED) is 0.267. The lowest BCUT2D eigenvalue weighted by Gasteiger charge is -2.10. The molecule has 0 aliphatic carbocycles. The average Bonchev–Trinajstić information content (AvgIpc) is 3.31. The van der Waals surface area contributed by atoms with Gasteiger partial charge in [-0.15, -0.1) is 23.1 Å². The van der Waals surface area contributed by atoms with Gasteiger partial charge in [0.1, 0.15) is 10.8 Å². The molecule has 0 unspecified atom stereocenters. The molecule has 0 aliphatic rings. The van der Waals surface area contributed by atoms with Gasteiger partial charge in [0.05, 0.1) is 24.9 Å². The Hall–Kier alpha value is -3.67. The van der Waals surface area contributed by atoms with Crippen LogP contribution in [0.25, 0.3) is 27.2 Å². The summed E-state index contributed by atoms with van der Waals surface area (Å²) in [5, 5.41) is 5.91. The number of thioether (sulfide) groups is 1. The molecule has 1 amide bonds. The highest BCUT2D eigenvalue weighted by Crippen LogP contribution is 2.36. The summed E-state index contributed by atoms with van der Waals surface area (Å²) >= 11 is 2.77. The smallest absolute Gasteiger partial charge is 0.260 e. The number of nitrogens with one attached hydrogen (secondary N) is 1. The molecular formula is C24H18N4O2S2. The van der Waals surface area contributed by atoms with Crippen molar-refractivity contribution in [2.45, 2.75) is 5.03 Å². The van der Waals surface area contributed by atoms with Gasteiger partial charge in [0, 0.05) is 17.1 Å². The lowest BCUT2D eigenvalue weighted by Crippen LogP contribution is -2.13. The second kappa shape index (κ2) is 9.64. The first-order valence-corrected chi connectivity index (χ1v) is 11.7. The molecule has 0 aliphatic heterocycles. The van der Waals surface area contributed by atoms with Crippen LogP contribution in [-0.4, -0.2) is 29.2 Å². The Kier molecular flexibility index (Phi) is 6.50. The third-order valence-corrected chi connectivity index (χ3v) is 6.21. The summed E-state index contributed by atoms with van der Waals surface area (Å²) in [5.74, 6) is 0.440. The third kappa shape index (κ3) is 4.49. The number of ether oxygens (including phenoxy) is 1. The maximum atomic E-state index is 12.7. The van der Waals surface area contributed by atoms with Crippen molar-refractivity contribution in [3.63, 3.8) is 0 Å². The number of anilines is 1. The lowest BCUT2D eigenvalue weighted by atomic mass is 10.0. The van der Waals surface area contributed by atoms with E-state index < -0.39 is 0 Å². The molecule has 0 saturated carbocycles. The number of rotatable bonds is 6. The highest BCUT2D eigenvalue weighted by atomic mass is 32.2. The molecule has 4 aromatic rings. The summed E-state index contributed by atoms with van der Waals surface area (Å²) in [6, 6.07) is 16.8. The van der Waals surface area contributed by atoms with Crippen molar-refractivity contribution < 1.29 is 9.53 Å². The maximum absolute atomic E-state index is 12.7. The SMILES string of the molecule is [C-]#[N+]c1ccc(-c2ccc(OC)c(-c3csc(NC(=O)c4cccnc4SC)n3)c2)cc1. The molecule has 6 nitrogen and oxygen atoms in total. The molecule has 0 radical (unpaired) electrons. The average molecular weight is 459 g/mol. The van der Waals surface area contributed by atoms with Crippen LogP contribution >= 0.6 is 23.1 Å². The fraction of sp³-hybridized carbons (Fsp3) is 0.0833. The Morgan fingerprint density at radius 1 is 1.16 bits per heavy atom. The van der Waals surface area contributed by atoms with E-state index in [1.165, 1.54) is 23.1 Å². The number of thiazole rings is 1. The minimum absolute atomic E-state index is 0.246. The molecule has 0 bridgehead atoms. The zero-order valence-corrected chi connectivity index (χ0v) is 19.0. The number of carbonyl (C=O) groups excluding carboxylic acids is 1. The summed E-state index contributed by atoms with van der Waals surface area (Å²) in [4.78, 5) is 25.0. The lowest BCUT2D eigenvalue weighted by molar-refractivity contribution is 0.102. The van der Waals surface area contributed by atoms with Crippen LogP contribution in [0.1, 0.15) is 10.4 Å². The maximum Gasteiger partial charge on any atom is 0.260 e. The summed E-state index contributed by atoms with van der Waals surface area (Å²) in [7, 11) is 1.62. The minimum Gasteiger partial charge on any atom is -0.496 e. The highest BCUT2D eigenvalue weighted by Gasteiger charge is 2.16. The van der Waals surface area contributed by atoms with Gasteiger partial charge in [0.25, 0.3) is 5.91 Å². The van der Waals surface area contributed by atoms with Crippen LogP contribution in [0.15, 0.2) is 71.2 Å². The third-order valence-electron chi connectivity index (χ3n) is 4.74. The highest BCUT2D eigenvalue weighted by molar-refractivity contribution is 7.98. The van der Waals surface area contributed by atoms with E-state index in [0.717, 1.165) is 16.7 Å². The molecule has 2 heterocycles. The number of pyridine rings is 1. The minimum atomic E-state index is -0.246. The van der Waals surface area contributed by atoms with E-state index >= 15 is 0 Å². The zero-order chi connectivity index (χ0) is 22.5. The molecule has 1 N–H and O–H groups in total. The number of nitrogens with zero attached hydrogens (tertiary/aromatic N) is 3. The first kappa shape index (κ1) is 21.6. The molecule has 2 aromatic carbocycles.